The van der Waals surface area contributed by atoms with Crippen LogP contribution in [0.2, 0.25) is 0 Å². The second-order valence-electron chi connectivity index (χ2n) is 4.16. The lowest BCUT2D eigenvalue weighted by molar-refractivity contribution is 0.586. The number of benzene rings is 1. The van der Waals surface area contributed by atoms with E-state index >= 15 is 0 Å². The van der Waals surface area contributed by atoms with Crippen molar-refractivity contribution in [2.24, 2.45) is 0 Å². The number of fused-ring (bicyclic) bond motifs is 1. The number of nitrogens with zero attached hydrogens (tertiary/aromatic N) is 2. The van der Waals surface area contributed by atoms with Crippen LogP contribution in [0.3, 0.4) is 0 Å². The largest absolute Gasteiger partial charge is 0.307 e. The highest BCUT2D eigenvalue weighted by Crippen LogP contribution is 2.16. The van der Waals surface area contributed by atoms with Crippen LogP contribution in [-0.4, -0.2) is 9.38 Å². The molecule has 0 atom stereocenters. The van der Waals surface area contributed by atoms with Crippen molar-refractivity contribution < 1.29 is 4.39 Å². The van der Waals surface area contributed by atoms with Gasteiger partial charge in [-0.05, 0) is 18.2 Å². The van der Waals surface area contributed by atoms with Gasteiger partial charge in [0.15, 0.2) is 4.96 Å². The van der Waals surface area contributed by atoms with Crippen LogP contribution in [0, 0.1) is 5.82 Å². The van der Waals surface area contributed by atoms with E-state index in [1.54, 1.807) is 23.5 Å². The monoisotopic (exact) mass is 339 g/mol. The average molecular weight is 340 g/mol. The van der Waals surface area contributed by atoms with Crippen molar-refractivity contribution in [3.63, 3.8) is 0 Å². The van der Waals surface area contributed by atoms with Gasteiger partial charge in [0.25, 0.3) is 0 Å². The molecular weight excluding hydrogens is 329 g/mol. The van der Waals surface area contributed by atoms with Gasteiger partial charge in [-0.3, -0.25) is 4.40 Å². The Morgan fingerprint density at radius 3 is 3.11 bits per heavy atom. The molecule has 2 aromatic heterocycles. The first kappa shape index (κ1) is 12.8. The Morgan fingerprint density at radius 2 is 2.26 bits per heavy atom. The number of imidazole rings is 1. The zero-order chi connectivity index (χ0) is 13.2. The minimum Gasteiger partial charge on any atom is -0.307 e. The van der Waals surface area contributed by atoms with E-state index in [4.69, 9.17) is 0 Å². The average Bonchev–Trinajstić information content (AvgIpc) is 2.94. The predicted molar refractivity (Wildman–Crippen MR) is 77.7 cm³/mol. The Morgan fingerprint density at radius 1 is 1.37 bits per heavy atom. The summed E-state index contributed by atoms with van der Waals surface area (Å²) in [5, 5.41) is 5.20. The van der Waals surface area contributed by atoms with E-state index in [1.807, 2.05) is 22.2 Å². The van der Waals surface area contributed by atoms with Crippen LogP contribution in [0.15, 0.2) is 40.4 Å². The summed E-state index contributed by atoms with van der Waals surface area (Å²) in [6.07, 6.45) is 3.96. The number of hydrogen-bond acceptors (Lipinski definition) is 3. The molecule has 0 spiro atoms. The minimum absolute atomic E-state index is 0.193. The van der Waals surface area contributed by atoms with Crippen molar-refractivity contribution in [1.82, 2.24) is 14.7 Å². The fourth-order valence-electron chi connectivity index (χ4n) is 1.87. The van der Waals surface area contributed by atoms with Gasteiger partial charge in [-0.15, -0.1) is 11.3 Å². The quantitative estimate of drug-likeness (QED) is 0.787. The number of aromatic nitrogens is 2. The molecule has 98 valence electrons. The van der Waals surface area contributed by atoms with Crippen molar-refractivity contribution in [2.45, 2.75) is 13.1 Å². The van der Waals surface area contributed by atoms with Crippen LogP contribution < -0.4 is 5.32 Å². The van der Waals surface area contributed by atoms with Gasteiger partial charge in [-0.25, -0.2) is 9.37 Å². The van der Waals surface area contributed by atoms with Gasteiger partial charge >= 0.3 is 0 Å². The molecule has 0 unspecified atom stereocenters. The van der Waals surface area contributed by atoms with Crippen LogP contribution in [0.25, 0.3) is 4.96 Å². The summed E-state index contributed by atoms with van der Waals surface area (Å²) in [7, 11) is 0. The first-order valence-corrected chi connectivity index (χ1v) is 7.45. The van der Waals surface area contributed by atoms with Gasteiger partial charge in [-0.2, -0.15) is 0 Å². The molecule has 6 heteroatoms. The fourth-order valence-corrected chi connectivity index (χ4v) is 2.99. The molecule has 0 amide bonds. The third kappa shape index (κ3) is 2.86. The smallest absolute Gasteiger partial charge is 0.193 e. The summed E-state index contributed by atoms with van der Waals surface area (Å²) in [5.74, 6) is -0.193. The van der Waals surface area contributed by atoms with Crippen LogP contribution in [0.5, 0.6) is 0 Å². The highest BCUT2D eigenvalue weighted by Gasteiger charge is 2.04. The van der Waals surface area contributed by atoms with E-state index in [9.17, 15) is 4.39 Å². The molecule has 0 aliphatic rings. The summed E-state index contributed by atoms with van der Waals surface area (Å²) in [5.41, 5.74) is 1.61. The zero-order valence-corrected chi connectivity index (χ0v) is 12.3. The Labute approximate surface area is 122 Å². The number of nitrogens with one attached hydrogen (secondary N) is 1. The lowest BCUT2D eigenvalue weighted by atomic mass is 10.2. The van der Waals surface area contributed by atoms with Crippen molar-refractivity contribution in [3.8, 4) is 0 Å². The molecule has 3 aromatic rings. The van der Waals surface area contributed by atoms with Gasteiger partial charge in [-0.1, -0.05) is 15.9 Å². The molecular formula is C13H11BrFN3S. The molecule has 0 saturated carbocycles. The molecule has 0 bridgehead atoms. The number of thiazole rings is 1. The summed E-state index contributed by atoms with van der Waals surface area (Å²) in [6, 6.07) is 4.95. The molecule has 3 rings (SSSR count). The van der Waals surface area contributed by atoms with Crippen LogP contribution >= 0.6 is 27.3 Å². The molecule has 0 aliphatic carbocycles. The summed E-state index contributed by atoms with van der Waals surface area (Å²) in [6.45, 7) is 1.11. The fraction of sp³-hybridized carbons (Fsp3) is 0.154. The topological polar surface area (TPSA) is 29.3 Å². The predicted octanol–water partition coefficient (Wildman–Crippen LogP) is 3.59. The number of rotatable bonds is 4. The van der Waals surface area contributed by atoms with Crippen LogP contribution in [0.4, 0.5) is 4.39 Å². The molecule has 2 heterocycles. The molecule has 0 saturated heterocycles. The molecule has 3 nitrogen and oxygen atoms in total. The van der Waals surface area contributed by atoms with Gasteiger partial charge in [0, 0.05) is 40.9 Å². The van der Waals surface area contributed by atoms with Gasteiger partial charge in [0.2, 0.25) is 0 Å². The van der Waals surface area contributed by atoms with Crippen LogP contribution in [0.1, 0.15) is 11.3 Å². The lowest BCUT2D eigenvalue weighted by Gasteiger charge is -2.05. The third-order valence-electron chi connectivity index (χ3n) is 2.77. The summed E-state index contributed by atoms with van der Waals surface area (Å²) in [4.78, 5) is 5.44. The summed E-state index contributed by atoms with van der Waals surface area (Å²) >= 11 is 4.94. The molecule has 19 heavy (non-hydrogen) atoms. The summed E-state index contributed by atoms with van der Waals surface area (Å²) < 4.78 is 16.4. The maximum atomic E-state index is 13.5. The van der Waals surface area contributed by atoms with E-state index < -0.39 is 0 Å². The SMILES string of the molecule is Fc1ccc(Br)cc1CNCc1cn2ccsc2n1. The maximum absolute atomic E-state index is 13.5. The highest BCUT2D eigenvalue weighted by molar-refractivity contribution is 9.10. The van der Waals surface area contributed by atoms with Crippen molar-refractivity contribution >= 4 is 32.2 Å². The number of hydrogen-bond donors (Lipinski definition) is 1. The van der Waals surface area contributed by atoms with Gasteiger partial charge in [0.1, 0.15) is 5.82 Å². The minimum atomic E-state index is -0.193. The third-order valence-corrected chi connectivity index (χ3v) is 4.04. The molecule has 0 aliphatic heterocycles. The molecule has 1 N–H and O–H groups in total. The second kappa shape index (κ2) is 5.40. The lowest BCUT2D eigenvalue weighted by Crippen LogP contribution is -2.14. The van der Waals surface area contributed by atoms with E-state index in [1.165, 1.54) is 6.07 Å². The number of halogens is 2. The normalized spacial score (nSPS) is 11.3. The Balaban J connectivity index is 1.63. The van der Waals surface area contributed by atoms with Crippen LogP contribution in [-0.2, 0) is 13.1 Å². The molecule has 1 aromatic carbocycles. The van der Waals surface area contributed by atoms with Crippen molar-refractivity contribution in [1.29, 1.82) is 0 Å². The highest BCUT2D eigenvalue weighted by atomic mass is 79.9. The standard InChI is InChI=1S/C13H11BrFN3S/c14-10-1-2-12(15)9(5-10)6-16-7-11-8-18-3-4-19-13(18)17-11/h1-5,8,16H,6-7H2. The Bertz CT molecular complexity index is 678. The van der Waals surface area contributed by atoms with Crippen molar-refractivity contribution in [2.75, 3.05) is 0 Å². The Kier molecular flexibility index (Phi) is 3.63. The van der Waals surface area contributed by atoms with E-state index in [-0.39, 0.29) is 5.82 Å². The maximum Gasteiger partial charge on any atom is 0.193 e. The first-order chi connectivity index (χ1) is 9.22. The molecule has 0 radical (unpaired) electrons. The van der Waals surface area contributed by atoms with Gasteiger partial charge < -0.3 is 5.32 Å². The van der Waals surface area contributed by atoms with E-state index in [0.29, 0.717) is 18.7 Å². The van der Waals surface area contributed by atoms with Crippen molar-refractivity contribution in [3.05, 3.63) is 57.5 Å². The van der Waals surface area contributed by atoms with E-state index in [2.05, 4.69) is 26.2 Å². The second-order valence-corrected chi connectivity index (χ2v) is 5.95. The Hall–Kier alpha value is -1.24. The first-order valence-electron chi connectivity index (χ1n) is 5.78. The van der Waals surface area contributed by atoms with E-state index in [0.717, 1.165) is 15.1 Å². The zero-order valence-electron chi connectivity index (χ0n) is 9.94. The molecule has 0 fully saturated rings. The van der Waals surface area contributed by atoms with Gasteiger partial charge in [0.05, 0.1) is 5.69 Å².